The summed E-state index contributed by atoms with van der Waals surface area (Å²) in [5, 5.41) is 2.92. The first kappa shape index (κ1) is 11.7. The lowest BCUT2D eigenvalue weighted by Gasteiger charge is -2.04. The molecule has 0 fully saturated rings. The number of rotatable bonds is 3. The second kappa shape index (κ2) is 10.8. The van der Waals surface area contributed by atoms with E-state index in [1.807, 2.05) is 27.7 Å². The molecule has 1 unspecified atom stereocenters. The molecule has 0 aromatic rings. The highest BCUT2D eigenvalue weighted by molar-refractivity contribution is 4.53. The summed E-state index contributed by atoms with van der Waals surface area (Å²) < 4.78 is 11.5. The lowest BCUT2D eigenvalue weighted by Crippen LogP contribution is -2.26. The van der Waals surface area contributed by atoms with Gasteiger partial charge in [0.15, 0.2) is 0 Å². The summed E-state index contributed by atoms with van der Waals surface area (Å²) >= 11 is 0. The Bertz CT molecular complexity index is 39.9. The minimum Gasteiger partial charge on any atom is -0.312 e. The summed E-state index contributed by atoms with van der Waals surface area (Å²) in [6.07, 6.45) is 0. The second-order valence-electron chi connectivity index (χ2n) is 1.61. The van der Waals surface area contributed by atoms with Crippen molar-refractivity contribution in [1.29, 1.82) is 0 Å². The molecule has 0 heterocycles. The van der Waals surface area contributed by atoms with E-state index in [0.717, 1.165) is 6.54 Å². The molecule has 0 rings (SSSR count). The predicted octanol–water partition coefficient (Wildman–Crippen LogP) is 1.98. The fourth-order valence-corrected chi connectivity index (χ4v) is 0.403. The third kappa shape index (κ3) is 11.4. The maximum absolute atomic E-state index is 11.5. The summed E-state index contributed by atoms with van der Waals surface area (Å²) in [4.78, 5) is 0. The van der Waals surface area contributed by atoms with Gasteiger partial charge in [0.2, 0.25) is 0 Å². The van der Waals surface area contributed by atoms with E-state index in [4.69, 9.17) is 0 Å². The van der Waals surface area contributed by atoms with E-state index in [2.05, 4.69) is 5.32 Å². The average molecular weight is 135 g/mol. The normalized spacial score (nSPS) is 11.7. The van der Waals surface area contributed by atoms with Crippen molar-refractivity contribution in [3.63, 3.8) is 0 Å². The fraction of sp³-hybridized carbons (Fsp3) is 1.00. The van der Waals surface area contributed by atoms with E-state index in [9.17, 15) is 4.39 Å². The van der Waals surface area contributed by atoms with E-state index < -0.39 is 0 Å². The summed E-state index contributed by atoms with van der Waals surface area (Å²) in [7, 11) is 0. The Labute approximate surface area is 57.7 Å². The molecule has 0 aromatic carbocycles. The Morgan fingerprint density at radius 1 is 1.44 bits per heavy atom. The third-order valence-corrected chi connectivity index (χ3v) is 0.784. The monoisotopic (exact) mass is 135 g/mol. The third-order valence-electron chi connectivity index (χ3n) is 0.784. The van der Waals surface area contributed by atoms with Gasteiger partial charge in [-0.25, -0.2) is 4.39 Å². The van der Waals surface area contributed by atoms with Crippen LogP contribution in [0.25, 0.3) is 0 Å². The molecule has 0 saturated carbocycles. The lowest BCUT2D eigenvalue weighted by atomic mass is 10.4. The van der Waals surface area contributed by atoms with Gasteiger partial charge in [0.05, 0.1) is 0 Å². The first-order valence-electron chi connectivity index (χ1n) is 3.60. The van der Waals surface area contributed by atoms with Crippen LogP contribution < -0.4 is 5.32 Å². The van der Waals surface area contributed by atoms with Gasteiger partial charge < -0.3 is 5.32 Å². The number of halogens is 1. The molecule has 0 saturated heterocycles. The van der Waals surface area contributed by atoms with Crippen molar-refractivity contribution in [3.05, 3.63) is 0 Å². The highest BCUT2D eigenvalue weighted by Crippen LogP contribution is 1.78. The zero-order chi connectivity index (χ0) is 7.70. The molecular formula is C7H18FN. The van der Waals surface area contributed by atoms with Crippen LogP contribution in [-0.4, -0.2) is 19.3 Å². The van der Waals surface area contributed by atoms with Crippen molar-refractivity contribution in [1.82, 2.24) is 5.32 Å². The van der Waals surface area contributed by atoms with Crippen LogP contribution in [0, 0.1) is 0 Å². The predicted molar refractivity (Wildman–Crippen MR) is 40.5 cm³/mol. The number of nitrogens with one attached hydrogen (secondary N) is 1. The summed E-state index contributed by atoms with van der Waals surface area (Å²) in [6.45, 7) is 8.37. The molecule has 2 heteroatoms. The molecule has 1 atom stereocenters. The van der Waals surface area contributed by atoms with Gasteiger partial charge in [-0.05, 0) is 13.5 Å². The molecule has 0 spiro atoms. The first-order chi connectivity index (χ1) is 4.31. The van der Waals surface area contributed by atoms with Crippen LogP contribution in [0.15, 0.2) is 0 Å². The van der Waals surface area contributed by atoms with Crippen LogP contribution in [0.1, 0.15) is 27.7 Å². The molecule has 9 heavy (non-hydrogen) atoms. The highest BCUT2D eigenvalue weighted by atomic mass is 19.1. The van der Waals surface area contributed by atoms with Gasteiger partial charge in [-0.1, -0.05) is 20.8 Å². The van der Waals surface area contributed by atoms with Gasteiger partial charge in [0, 0.05) is 6.04 Å². The number of hydrogen-bond acceptors (Lipinski definition) is 1. The number of hydrogen-bond donors (Lipinski definition) is 1. The second-order valence-corrected chi connectivity index (χ2v) is 1.61. The molecule has 1 nitrogen and oxygen atoms in total. The van der Waals surface area contributed by atoms with Crippen LogP contribution in [0.4, 0.5) is 4.39 Å². The van der Waals surface area contributed by atoms with E-state index in [-0.39, 0.29) is 12.7 Å². The SMILES string of the molecule is CC.CCNC(C)CF. The number of alkyl halides is 1. The summed E-state index contributed by atoms with van der Waals surface area (Å²) in [5.41, 5.74) is 0. The Morgan fingerprint density at radius 3 is 2.00 bits per heavy atom. The first-order valence-corrected chi connectivity index (χ1v) is 3.60. The van der Waals surface area contributed by atoms with E-state index >= 15 is 0 Å². The zero-order valence-electron chi connectivity index (χ0n) is 6.87. The fourth-order valence-electron chi connectivity index (χ4n) is 0.403. The van der Waals surface area contributed by atoms with E-state index in [1.54, 1.807) is 0 Å². The van der Waals surface area contributed by atoms with Crippen LogP contribution >= 0.6 is 0 Å². The molecule has 0 aliphatic rings. The average Bonchev–Trinajstić information content (AvgIpc) is 1.93. The van der Waals surface area contributed by atoms with Gasteiger partial charge >= 0.3 is 0 Å². The topological polar surface area (TPSA) is 12.0 Å². The maximum atomic E-state index is 11.5. The van der Waals surface area contributed by atoms with Gasteiger partial charge in [-0.15, -0.1) is 0 Å². The van der Waals surface area contributed by atoms with Crippen molar-refractivity contribution in [2.45, 2.75) is 33.7 Å². The van der Waals surface area contributed by atoms with Crippen molar-refractivity contribution in [2.24, 2.45) is 0 Å². The molecule has 0 bridgehead atoms. The molecule has 0 aliphatic carbocycles. The zero-order valence-corrected chi connectivity index (χ0v) is 6.87. The summed E-state index contributed by atoms with van der Waals surface area (Å²) in [5.74, 6) is 0. The minimum absolute atomic E-state index is 0.0324. The Balaban J connectivity index is 0. The van der Waals surface area contributed by atoms with Crippen molar-refractivity contribution in [2.75, 3.05) is 13.2 Å². The molecule has 0 amide bonds. The smallest absolute Gasteiger partial charge is 0.104 e. The Hall–Kier alpha value is -0.110. The highest BCUT2D eigenvalue weighted by Gasteiger charge is 1.93. The van der Waals surface area contributed by atoms with E-state index in [0.29, 0.717) is 0 Å². The molecule has 0 radical (unpaired) electrons. The molecule has 0 aromatic heterocycles. The maximum Gasteiger partial charge on any atom is 0.104 e. The van der Waals surface area contributed by atoms with Crippen LogP contribution in [0.5, 0.6) is 0 Å². The summed E-state index contributed by atoms with van der Waals surface area (Å²) in [6, 6.07) is 0.0324. The van der Waals surface area contributed by atoms with Crippen molar-refractivity contribution >= 4 is 0 Å². The Kier molecular flexibility index (Phi) is 14.0. The quantitative estimate of drug-likeness (QED) is 0.624. The van der Waals surface area contributed by atoms with Gasteiger partial charge in [-0.3, -0.25) is 0 Å². The largest absolute Gasteiger partial charge is 0.312 e. The van der Waals surface area contributed by atoms with E-state index in [1.165, 1.54) is 0 Å². The molecule has 1 N–H and O–H groups in total. The Morgan fingerprint density at radius 2 is 1.89 bits per heavy atom. The van der Waals surface area contributed by atoms with Crippen LogP contribution in [0.2, 0.25) is 0 Å². The van der Waals surface area contributed by atoms with Crippen molar-refractivity contribution in [3.8, 4) is 0 Å². The van der Waals surface area contributed by atoms with Crippen molar-refractivity contribution < 1.29 is 4.39 Å². The van der Waals surface area contributed by atoms with Crippen LogP contribution in [-0.2, 0) is 0 Å². The van der Waals surface area contributed by atoms with Gasteiger partial charge in [0.1, 0.15) is 6.67 Å². The van der Waals surface area contributed by atoms with Gasteiger partial charge in [-0.2, -0.15) is 0 Å². The molecule has 58 valence electrons. The standard InChI is InChI=1S/C5H12FN.C2H6/c1-3-7-5(2)4-6;1-2/h5,7H,3-4H2,1-2H3;1-2H3. The molecular weight excluding hydrogens is 117 g/mol. The minimum atomic E-state index is -0.270. The lowest BCUT2D eigenvalue weighted by molar-refractivity contribution is 0.398. The van der Waals surface area contributed by atoms with Gasteiger partial charge in [0.25, 0.3) is 0 Å². The molecule has 0 aliphatic heterocycles. The van der Waals surface area contributed by atoms with Crippen LogP contribution in [0.3, 0.4) is 0 Å².